The van der Waals surface area contributed by atoms with E-state index in [0.717, 1.165) is 23.2 Å². The van der Waals surface area contributed by atoms with Gasteiger partial charge in [-0.2, -0.15) is 13.2 Å². The zero-order chi connectivity index (χ0) is 19.5. The molecule has 13 heteroatoms. The molecule has 0 bridgehead atoms. The molecule has 3 aromatic heterocycles. The molecule has 0 aromatic carbocycles. The maximum Gasteiger partial charge on any atom is 0.418 e. The molecule has 3 aromatic rings. The zero-order valence-corrected chi connectivity index (χ0v) is 13.1. The number of alkyl halides is 3. The summed E-state index contributed by atoms with van der Waals surface area (Å²) >= 11 is 5.77. The first kappa shape index (κ1) is 19.1. The van der Waals surface area contributed by atoms with Gasteiger partial charge in [0.2, 0.25) is 0 Å². The molecule has 0 atom stereocenters. The molecule has 0 fully saturated rings. The fourth-order valence-electron chi connectivity index (χ4n) is 2.10. The maximum atomic E-state index is 13.2. The first-order chi connectivity index (χ1) is 12.2. The van der Waals surface area contributed by atoms with E-state index in [1.54, 1.807) is 0 Å². The van der Waals surface area contributed by atoms with Gasteiger partial charge < -0.3 is 10.3 Å². The highest BCUT2D eigenvalue weighted by Gasteiger charge is 2.36. The number of aromatic carboxylic acids is 1. The maximum absolute atomic E-state index is 13.2. The summed E-state index contributed by atoms with van der Waals surface area (Å²) in [5.74, 6) is -1.26. The number of carboxylic acids is 1. The highest BCUT2D eigenvalue weighted by atomic mass is 35.5. The quantitative estimate of drug-likeness (QED) is 0.390. The number of rotatable bonds is 2. The zero-order valence-electron chi connectivity index (χ0n) is 12.3. The lowest BCUT2D eigenvalue weighted by Gasteiger charge is -2.04. The third-order valence-corrected chi connectivity index (χ3v) is 3.37. The molecule has 0 radical (unpaired) electrons. The van der Waals surface area contributed by atoms with Crippen LogP contribution in [0.25, 0.3) is 16.9 Å². The van der Waals surface area contributed by atoms with Crippen molar-refractivity contribution in [2.75, 3.05) is 0 Å². The molecular formula is C13H7ClF3N5O4. The highest BCUT2D eigenvalue weighted by Crippen LogP contribution is 2.38. The molecule has 0 saturated heterocycles. The Morgan fingerprint density at radius 2 is 1.92 bits per heavy atom. The van der Waals surface area contributed by atoms with Crippen LogP contribution >= 0.6 is 11.6 Å². The lowest BCUT2D eigenvalue weighted by Crippen LogP contribution is -2.04. The average molecular weight is 390 g/mol. The van der Waals surface area contributed by atoms with Gasteiger partial charge in [0, 0.05) is 12.4 Å². The summed E-state index contributed by atoms with van der Waals surface area (Å²) in [6, 6.07) is 2.36. The van der Waals surface area contributed by atoms with Gasteiger partial charge >= 0.3 is 12.1 Å². The Kier molecular flexibility index (Phi) is 5.35. The average Bonchev–Trinajstić information content (AvgIpc) is 2.97. The number of aromatic nitrogens is 4. The van der Waals surface area contributed by atoms with Gasteiger partial charge in [0.1, 0.15) is 17.3 Å². The minimum absolute atomic E-state index is 0.0276. The van der Waals surface area contributed by atoms with E-state index in [-0.39, 0.29) is 27.6 Å². The van der Waals surface area contributed by atoms with Crippen LogP contribution in [-0.2, 0) is 6.18 Å². The predicted molar refractivity (Wildman–Crippen MR) is 81.2 cm³/mol. The highest BCUT2D eigenvalue weighted by molar-refractivity contribution is 6.34. The normalized spacial score (nSPS) is 10.9. The van der Waals surface area contributed by atoms with Crippen LogP contribution in [-0.4, -0.2) is 35.8 Å². The molecule has 0 amide bonds. The van der Waals surface area contributed by atoms with Crippen LogP contribution in [0.3, 0.4) is 0 Å². The molecule has 0 unspecified atom stereocenters. The van der Waals surface area contributed by atoms with E-state index >= 15 is 0 Å². The van der Waals surface area contributed by atoms with Crippen molar-refractivity contribution >= 4 is 28.6 Å². The molecular weight excluding hydrogens is 383 g/mol. The Bertz CT molecular complexity index is 976. The molecule has 0 saturated carbocycles. The van der Waals surface area contributed by atoms with Crippen LogP contribution in [0.5, 0.6) is 0 Å². The molecule has 26 heavy (non-hydrogen) atoms. The number of hydrogen-bond donors (Lipinski definition) is 2. The molecule has 3 heterocycles. The summed E-state index contributed by atoms with van der Waals surface area (Å²) in [7, 11) is 0. The molecule has 9 nitrogen and oxygen atoms in total. The Labute approximate surface area is 146 Å². The van der Waals surface area contributed by atoms with Gasteiger partial charge in [-0.3, -0.25) is 4.57 Å². The van der Waals surface area contributed by atoms with Crippen molar-refractivity contribution in [1.82, 2.24) is 19.5 Å². The van der Waals surface area contributed by atoms with Crippen molar-refractivity contribution in [1.29, 1.82) is 0 Å². The summed E-state index contributed by atoms with van der Waals surface area (Å²) < 4.78 is 40.6. The molecule has 3 rings (SSSR count). The number of hydrogen-bond acceptors (Lipinski definition) is 6. The van der Waals surface area contributed by atoms with Gasteiger partial charge in [-0.05, 0) is 12.1 Å². The second kappa shape index (κ2) is 7.31. The summed E-state index contributed by atoms with van der Waals surface area (Å²) in [5, 5.41) is 16.2. The molecule has 0 aliphatic carbocycles. The van der Waals surface area contributed by atoms with Crippen molar-refractivity contribution in [3.8, 4) is 5.82 Å². The first-order valence-corrected chi connectivity index (χ1v) is 6.83. The first-order valence-electron chi connectivity index (χ1n) is 6.46. The van der Waals surface area contributed by atoms with Gasteiger partial charge in [-0.15, -0.1) is 4.91 Å². The van der Waals surface area contributed by atoms with E-state index in [9.17, 15) is 18.0 Å². The lowest BCUT2D eigenvalue weighted by molar-refractivity contribution is -0.136. The van der Waals surface area contributed by atoms with Crippen LogP contribution in [0.2, 0.25) is 5.15 Å². The topological polar surface area (TPSA) is 131 Å². The predicted octanol–water partition coefficient (Wildman–Crippen LogP) is 3.33. The fourth-order valence-corrected chi connectivity index (χ4v) is 2.33. The van der Waals surface area contributed by atoms with E-state index in [1.807, 2.05) is 0 Å². The van der Waals surface area contributed by atoms with E-state index < -0.39 is 17.7 Å². The number of nitrogens with zero attached hydrogens (tertiary/aromatic N) is 5. The SMILES string of the molecule is O=C(O)c1ccnc(-n2cc(C(F)(F)F)c3c(Cl)ncnc32)c1.O=NO. The largest absolute Gasteiger partial charge is 0.478 e. The van der Waals surface area contributed by atoms with E-state index in [4.69, 9.17) is 26.8 Å². The van der Waals surface area contributed by atoms with Crippen molar-refractivity contribution in [2.24, 2.45) is 5.34 Å². The van der Waals surface area contributed by atoms with Gasteiger partial charge in [0.25, 0.3) is 0 Å². The summed E-state index contributed by atoms with van der Waals surface area (Å²) in [6.07, 6.45) is -1.72. The Morgan fingerprint density at radius 3 is 2.50 bits per heavy atom. The molecule has 0 aliphatic heterocycles. The monoisotopic (exact) mass is 389 g/mol. The summed E-state index contributed by atoms with van der Waals surface area (Å²) in [4.78, 5) is 30.4. The third kappa shape index (κ3) is 3.69. The van der Waals surface area contributed by atoms with Gasteiger partial charge in [0.15, 0.2) is 11.0 Å². The smallest absolute Gasteiger partial charge is 0.418 e. The van der Waals surface area contributed by atoms with Gasteiger partial charge in [0.05, 0.1) is 16.5 Å². The molecule has 136 valence electrons. The van der Waals surface area contributed by atoms with Crippen LogP contribution in [0.1, 0.15) is 15.9 Å². The summed E-state index contributed by atoms with van der Waals surface area (Å²) in [5.41, 5.74) is -1.27. The minimum Gasteiger partial charge on any atom is -0.478 e. The molecule has 0 spiro atoms. The van der Waals surface area contributed by atoms with Crippen LogP contribution < -0.4 is 0 Å². The fraction of sp³-hybridized carbons (Fsp3) is 0.0769. The number of fused-ring (bicyclic) bond motifs is 1. The molecule has 0 aliphatic rings. The Morgan fingerprint density at radius 1 is 1.27 bits per heavy atom. The second-order valence-corrected chi connectivity index (χ2v) is 4.92. The van der Waals surface area contributed by atoms with E-state index in [2.05, 4.69) is 15.0 Å². The van der Waals surface area contributed by atoms with Crippen LogP contribution in [0.4, 0.5) is 13.2 Å². The second-order valence-electron chi connectivity index (χ2n) is 4.56. The Hall–Kier alpha value is -3.28. The van der Waals surface area contributed by atoms with Crippen LogP contribution in [0, 0.1) is 4.91 Å². The minimum atomic E-state index is -4.68. The summed E-state index contributed by atoms with van der Waals surface area (Å²) in [6.45, 7) is 0. The standard InChI is InChI=1S/C13H6ClF3N4O2.HNO2/c14-10-9-7(13(15,16)17)4-21(11(9)20-5-19-10)8-3-6(12(22)23)1-2-18-8;2-1-3/h1-5H,(H,22,23);(H,2,3). The van der Waals surface area contributed by atoms with E-state index in [0.29, 0.717) is 0 Å². The molecule has 2 N–H and O–H groups in total. The van der Waals surface area contributed by atoms with Crippen molar-refractivity contribution in [3.05, 3.63) is 52.0 Å². The van der Waals surface area contributed by atoms with Crippen LogP contribution in [0.15, 0.2) is 36.2 Å². The lowest BCUT2D eigenvalue weighted by atomic mass is 10.2. The van der Waals surface area contributed by atoms with Crippen molar-refractivity contribution < 1.29 is 28.3 Å². The van der Waals surface area contributed by atoms with Crippen molar-refractivity contribution in [3.63, 3.8) is 0 Å². The van der Waals surface area contributed by atoms with Gasteiger partial charge in [-0.25, -0.2) is 19.7 Å². The number of halogens is 4. The third-order valence-electron chi connectivity index (χ3n) is 3.08. The van der Waals surface area contributed by atoms with E-state index in [1.165, 1.54) is 17.6 Å². The number of pyridine rings is 1. The number of carboxylic acid groups (broad SMARTS) is 1. The van der Waals surface area contributed by atoms with Gasteiger partial charge in [-0.1, -0.05) is 11.6 Å². The van der Waals surface area contributed by atoms with Crippen molar-refractivity contribution in [2.45, 2.75) is 6.18 Å². The number of carbonyl (C=O) groups is 1. The Balaban J connectivity index is 0.000000758.